The number of aromatic carboxylic acids is 1. The maximum Gasteiger partial charge on any atom is 0.339 e. The van der Waals surface area contributed by atoms with E-state index in [9.17, 15) is 14.3 Å². The standard InChI is InChI=1S/C14H15FN2O2/c1-8(2)17-7-11(14(18)19)13(16-17)10-5-4-9(3)12(15)6-10/h4-8H,1-3H3,(H,18,19). The zero-order chi connectivity index (χ0) is 14.2. The average Bonchev–Trinajstić information content (AvgIpc) is 2.78. The molecule has 0 amide bonds. The summed E-state index contributed by atoms with van der Waals surface area (Å²) in [5, 5.41) is 13.4. The molecule has 1 aromatic carbocycles. The van der Waals surface area contributed by atoms with Gasteiger partial charge in [0.05, 0.1) is 0 Å². The van der Waals surface area contributed by atoms with Crippen molar-refractivity contribution >= 4 is 5.97 Å². The van der Waals surface area contributed by atoms with Crippen molar-refractivity contribution in [3.63, 3.8) is 0 Å². The van der Waals surface area contributed by atoms with E-state index in [4.69, 9.17) is 0 Å². The van der Waals surface area contributed by atoms with Crippen LogP contribution in [0.15, 0.2) is 24.4 Å². The maximum atomic E-state index is 13.6. The molecule has 0 bridgehead atoms. The average molecular weight is 262 g/mol. The molecule has 0 spiro atoms. The molecule has 5 heteroatoms. The Kier molecular flexibility index (Phi) is 3.38. The number of aryl methyl sites for hydroxylation is 1. The largest absolute Gasteiger partial charge is 0.478 e. The van der Waals surface area contributed by atoms with Crippen LogP contribution in [-0.2, 0) is 0 Å². The number of hydrogen-bond acceptors (Lipinski definition) is 2. The Balaban J connectivity index is 2.59. The zero-order valence-electron chi connectivity index (χ0n) is 11.0. The minimum absolute atomic E-state index is 0.0437. The van der Waals surface area contributed by atoms with Gasteiger partial charge in [-0.05, 0) is 32.4 Å². The van der Waals surface area contributed by atoms with E-state index in [1.165, 1.54) is 12.3 Å². The Hall–Kier alpha value is -2.17. The molecular weight excluding hydrogens is 247 g/mol. The van der Waals surface area contributed by atoms with E-state index < -0.39 is 5.97 Å². The predicted octanol–water partition coefficient (Wildman–Crippen LogP) is 3.28. The number of rotatable bonds is 3. The van der Waals surface area contributed by atoms with Crippen LogP contribution in [0.25, 0.3) is 11.3 Å². The van der Waals surface area contributed by atoms with Gasteiger partial charge in [0.15, 0.2) is 0 Å². The molecule has 4 nitrogen and oxygen atoms in total. The minimum atomic E-state index is -1.07. The first-order chi connectivity index (χ1) is 8.90. The van der Waals surface area contributed by atoms with Crippen molar-refractivity contribution in [1.29, 1.82) is 0 Å². The highest BCUT2D eigenvalue weighted by atomic mass is 19.1. The Bertz CT molecular complexity index is 632. The highest BCUT2D eigenvalue weighted by Gasteiger charge is 2.18. The summed E-state index contributed by atoms with van der Waals surface area (Å²) in [6, 6.07) is 4.65. The molecule has 1 aromatic heterocycles. The van der Waals surface area contributed by atoms with Crippen LogP contribution in [-0.4, -0.2) is 20.9 Å². The third-order valence-electron chi connectivity index (χ3n) is 2.94. The minimum Gasteiger partial charge on any atom is -0.478 e. The van der Waals surface area contributed by atoms with E-state index in [0.29, 0.717) is 16.8 Å². The van der Waals surface area contributed by atoms with Crippen molar-refractivity contribution in [2.45, 2.75) is 26.8 Å². The first kappa shape index (κ1) is 13.3. The normalized spacial score (nSPS) is 11.0. The molecule has 0 saturated heterocycles. The number of benzene rings is 1. The third-order valence-corrected chi connectivity index (χ3v) is 2.94. The Morgan fingerprint density at radius 2 is 2.11 bits per heavy atom. The maximum absolute atomic E-state index is 13.6. The van der Waals surface area contributed by atoms with Crippen molar-refractivity contribution in [3.05, 3.63) is 41.3 Å². The molecule has 0 unspecified atom stereocenters. The van der Waals surface area contributed by atoms with Crippen LogP contribution in [0, 0.1) is 12.7 Å². The summed E-state index contributed by atoms with van der Waals surface area (Å²) >= 11 is 0. The molecule has 100 valence electrons. The van der Waals surface area contributed by atoms with Gasteiger partial charge < -0.3 is 5.11 Å². The summed E-state index contributed by atoms with van der Waals surface area (Å²) < 4.78 is 15.1. The van der Waals surface area contributed by atoms with Gasteiger partial charge in [0.1, 0.15) is 17.1 Å². The quantitative estimate of drug-likeness (QED) is 0.923. The molecule has 0 aliphatic carbocycles. The van der Waals surface area contributed by atoms with Crippen LogP contribution in [0.2, 0.25) is 0 Å². The summed E-state index contributed by atoms with van der Waals surface area (Å²) in [7, 11) is 0. The van der Waals surface area contributed by atoms with Crippen molar-refractivity contribution in [1.82, 2.24) is 9.78 Å². The van der Waals surface area contributed by atoms with Crippen LogP contribution in [0.4, 0.5) is 4.39 Å². The molecular formula is C14H15FN2O2. The number of carbonyl (C=O) groups is 1. The van der Waals surface area contributed by atoms with Gasteiger partial charge in [0.2, 0.25) is 0 Å². The van der Waals surface area contributed by atoms with Gasteiger partial charge >= 0.3 is 5.97 Å². The number of nitrogens with zero attached hydrogens (tertiary/aromatic N) is 2. The topological polar surface area (TPSA) is 55.1 Å². The smallest absolute Gasteiger partial charge is 0.339 e. The van der Waals surface area contributed by atoms with E-state index in [1.807, 2.05) is 13.8 Å². The van der Waals surface area contributed by atoms with Gasteiger partial charge in [0.25, 0.3) is 0 Å². The summed E-state index contributed by atoms with van der Waals surface area (Å²) in [6.45, 7) is 5.46. The van der Waals surface area contributed by atoms with Crippen LogP contribution in [0.1, 0.15) is 35.8 Å². The number of carboxylic acid groups (broad SMARTS) is 1. The second-order valence-corrected chi connectivity index (χ2v) is 4.73. The van der Waals surface area contributed by atoms with Crippen LogP contribution < -0.4 is 0 Å². The van der Waals surface area contributed by atoms with Crippen LogP contribution >= 0.6 is 0 Å². The summed E-state index contributed by atoms with van der Waals surface area (Å²) in [6.07, 6.45) is 1.47. The number of halogens is 1. The van der Waals surface area contributed by atoms with E-state index in [1.54, 1.807) is 23.7 Å². The van der Waals surface area contributed by atoms with E-state index in [2.05, 4.69) is 5.10 Å². The van der Waals surface area contributed by atoms with Crippen LogP contribution in [0.5, 0.6) is 0 Å². The van der Waals surface area contributed by atoms with Gasteiger partial charge in [-0.15, -0.1) is 0 Å². The summed E-state index contributed by atoms with van der Waals surface area (Å²) in [4.78, 5) is 11.2. The SMILES string of the molecule is Cc1ccc(-c2nn(C(C)C)cc2C(=O)O)cc1F. The lowest BCUT2D eigenvalue weighted by Crippen LogP contribution is -2.00. The molecule has 2 rings (SSSR count). The molecule has 0 aliphatic heterocycles. The molecule has 1 N–H and O–H groups in total. The van der Waals surface area contributed by atoms with Crippen molar-refractivity contribution in [2.24, 2.45) is 0 Å². The van der Waals surface area contributed by atoms with Gasteiger partial charge in [0, 0.05) is 17.8 Å². The van der Waals surface area contributed by atoms with Gasteiger partial charge in [-0.25, -0.2) is 9.18 Å². The van der Waals surface area contributed by atoms with Crippen LogP contribution in [0.3, 0.4) is 0 Å². The second-order valence-electron chi connectivity index (χ2n) is 4.73. The molecule has 2 aromatic rings. The first-order valence-electron chi connectivity index (χ1n) is 5.99. The highest BCUT2D eigenvalue weighted by molar-refractivity contribution is 5.94. The third kappa shape index (κ3) is 2.50. The van der Waals surface area contributed by atoms with Gasteiger partial charge in [-0.2, -0.15) is 5.10 Å². The molecule has 0 saturated carbocycles. The lowest BCUT2D eigenvalue weighted by Gasteiger charge is -2.04. The monoisotopic (exact) mass is 262 g/mol. The second kappa shape index (κ2) is 4.84. The highest BCUT2D eigenvalue weighted by Crippen LogP contribution is 2.25. The van der Waals surface area contributed by atoms with Crippen molar-refractivity contribution < 1.29 is 14.3 Å². The number of aromatic nitrogens is 2. The van der Waals surface area contributed by atoms with Gasteiger partial charge in [-0.3, -0.25) is 4.68 Å². The fourth-order valence-electron chi connectivity index (χ4n) is 1.77. The van der Waals surface area contributed by atoms with Gasteiger partial charge in [-0.1, -0.05) is 12.1 Å². The molecule has 0 radical (unpaired) electrons. The zero-order valence-corrected chi connectivity index (χ0v) is 11.0. The molecule has 0 aliphatic rings. The van der Waals surface area contributed by atoms with Crippen molar-refractivity contribution in [3.8, 4) is 11.3 Å². The van der Waals surface area contributed by atoms with E-state index in [-0.39, 0.29) is 17.4 Å². The fourth-order valence-corrected chi connectivity index (χ4v) is 1.77. The van der Waals surface area contributed by atoms with E-state index in [0.717, 1.165) is 0 Å². The fraction of sp³-hybridized carbons (Fsp3) is 0.286. The lowest BCUT2D eigenvalue weighted by atomic mass is 10.1. The van der Waals surface area contributed by atoms with Crippen molar-refractivity contribution in [2.75, 3.05) is 0 Å². The Morgan fingerprint density at radius 1 is 1.42 bits per heavy atom. The van der Waals surface area contributed by atoms with E-state index >= 15 is 0 Å². The number of carboxylic acids is 1. The lowest BCUT2D eigenvalue weighted by molar-refractivity contribution is 0.0697. The first-order valence-corrected chi connectivity index (χ1v) is 5.99. The molecule has 19 heavy (non-hydrogen) atoms. The predicted molar refractivity (Wildman–Crippen MR) is 69.7 cm³/mol. The Labute approximate surface area is 110 Å². The molecule has 1 heterocycles. The molecule has 0 atom stereocenters. The molecule has 0 fully saturated rings. The Morgan fingerprint density at radius 3 is 2.63 bits per heavy atom. The number of hydrogen-bond donors (Lipinski definition) is 1. The summed E-state index contributed by atoms with van der Waals surface area (Å²) in [5.41, 5.74) is 1.36. The summed E-state index contributed by atoms with van der Waals surface area (Å²) in [5.74, 6) is -1.43.